The summed E-state index contributed by atoms with van der Waals surface area (Å²) in [4.78, 5) is 9.48. The number of hydrogen-bond acceptors (Lipinski definition) is 1. The first kappa shape index (κ1) is 9.55. The molecule has 0 unspecified atom stereocenters. The van der Waals surface area contributed by atoms with Gasteiger partial charge in [-0.15, -0.1) is 0 Å². The van der Waals surface area contributed by atoms with Gasteiger partial charge in [0.1, 0.15) is 0 Å². The van der Waals surface area contributed by atoms with E-state index in [0.29, 0.717) is 0 Å². The summed E-state index contributed by atoms with van der Waals surface area (Å²) < 4.78 is 0. The van der Waals surface area contributed by atoms with Crippen LogP contribution in [0.4, 0.5) is 4.79 Å². The van der Waals surface area contributed by atoms with Crippen molar-refractivity contribution in [3.8, 4) is 0 Å². The predicted octanol–water partition coefficient (Wildman–Crippen LogP) is 0.803. The number of carbonyl (C=O) groups is 1. The molecule has 0 aliphatic carbocycles. The molecule has 0 saturated heterocycles. The Labute approximate surface area is 46.9 Å². The Morgan fingerprint density at radius 1 is 1.71 bits per heavy atom. The second-order valence-electron chi connectivity index (χ2n) is 0.614. The van der Waals surface area contributed by atoms with Crippen LogP contribution < -0.4 is 11.1 Å². The third-order valence-electron chi connectivity index (χ3n) is 0.246. The van der Waals surface area contributed by atoms with Crippen molar-refractivity contribution in [1.29, 1.82) is 0 Å². The van der Waals surface area contributed by atoms with E-state index in [1.54, 1.807) is 0 Å². The Bertz CT molecular complexity index is 51.8. The minimum Gasteiger partial charge on any atom is -0.352 e. The molecule has 0 aromatic carbocycles. The minimum absolute atomic E-state index is 0. The van der Waals surface area contributed by atoms with Crippen molar-refractivity contribution in [2.24, 2.45) is 5.73 Å². The first-order chi connectivity index (χ1) is 3.27. The van der Waals surface area contributed by atoms with Crippen molar-refractivity contribution in [2.45, 2.75) is 13.8 Å². The molecule has 3 heteroatoms. The van der Waals surface area contributed by atoms with E-state index in [1.165, 1.54) is 7.05 Å². The summed E-state index contributed by atoms with van der Waals surface area (Å²) in [6, 6.07) is -0.495. The van der Waals surface area contributed by atoms with Crippen molar-refractivity contribution >= 4 is 6.03 Å². The highest BCUT2D eigenvalue weighted by Crippen LogP contribution is 1.38. The average Bonchev–Trinajstić information content (AvgIpc) is 1.73. The molecule has 0 atom stereocenters. The van der Waals surface area contributed by atoms with E-state index >= 15 is 0 Å². The highest BCUT2D eigenvalue weighted by atomic mass is 16.2. The quantitative estimate of drug-likeness (QED) is 0.474. The van der Waals surface area contributed by atoms with Gasteiger partial charge in [-0.25, -0.2) is 4.79 Å². The standard InChI is InChI=1S/C2H6N2O.C2H6.2H2/c1-4-2(3)5;1-2;;/h1H3,(H3,3,4,5);1-2H3;2*1H. The summed E-state index contributed by atoms with van der Waals surface area (Å²) >= 11 is 0. The lowest BCUT2D eigenvalue weighted by molar-refractivity contribution is 0.251. The fourth-order valence-electron chi connectivity index (χ4n) is 0. The van der Waals surface area contributed by atoms with Crippen molar-refractivity contribution in [3.63, 3.8) is 0 Å². The second kappa shape index (κ2) is 8.99. The summed E-state index contributed by atoms with van der Waals surface area (Å²) in [6.45, 7) is 4.00. The van der Waals surface area contributed by atoms with Crippen LogP contribution in [-0.2, 0) is 0 Å². The first-order valence-corrected chi connectivity index (χ1v) is 2.24. The largest absolute Gasteiger partial charge is 0.352 e. The van der Waals surface area contributed by atoms with Crippen LogP contribution in [0.25, 0.3) is 0 Å². The van der Waals surface area contributed by atoms with Crippen molar-refractivity contribution in [3.05, 3.63) is 0 Å². The fraction of sp³-hybridized carbons (Fsp3) is 0.750. The van der Waals surface area contributed by atoms with Gasteiger partial charge in [0.15, 0.2) is 0 Å². The fourth-order valence-corrected chi connectivity index (χ4v) is 0. The van der Waals surface area contributed by atoms with Crippen molar-refractivity contribution in [2.75, 3.05) is 7.05 Å². The Morgan fingerprint density at radius 3 is 1.86 bits per heavy atom. The zero-order valence-electron chi connectivity index (χ0n) is 4.99. The van der Waals surface area contributed by atoms with Gasteiger partial charge in [-0.3, -0.25) is 0 Å². The number of rotatable bonds is 0. The van der Waals surface area contributed by atoms with E-state index in [0.717, 1.165) is 0 Å². The van der Waals surface area contributed by atoms with Gasteiger partial charge < -0.3 is 11.1 Å². The number of nitrogens with one attached hydrogen (secondary N) is 1. The molecule has 0 spiro atoms. The number of amides is 2. The lowest BCUT2D eigenvalue weighted by Crippen LogP contribution is -2.24. The van der Waals surface area contributed by atoms with E-state index in [1.807, 2.05) is 13.8 Å². The molecule has 0 heterocycles. The molecule has 3 nitrogen and oxygen atoms in total. The molecule has 3 N–H and O–H groups in total. The molecular formula is C4H16N2O. The summed E-state index contributed by atoms with van der Waals surface area (Å²) in [5.41, 5.74) is 4.54. The normalized spacial score (nSPS) is 5.57. The summed E-state index contributed by atoms with van der Waals surface area (Å²) in [5, 5.41) is 2.17. The molecule has 7 heavy (non-hydrogen) atoms. The van der Waals surface area contributed by atoms with E-state index in [2.05, 4.69) is 11.1 Å². The maximum atomic E-state index is 9.48. The van der Waals surface area contributed by atoms with Gasteiger partial charge in [-0.1, -0.05) is 13.8 Å². The Morgan fingerprint density at radius 2 is 1.86 bits per heavy atom. The molecule has 0 saturated carbocycles. The van der Waals surface area contributed by atoms with Crippen LogP contribution in [0, 0.1) is 0 Å². The van der Waals surface area contributed by atoms with Crippen LogP contribution >= 0.6 is 0 Å². The lowest BCUT2D eigenvalue weighted by atomic mass is 11.0. The number of primary amides is 1. The Balaban J connectivity index is -0.0000000286. The van der Waals surface area contributed by atoms with Gasteiger partial charge in [0.2, 0.25) is 0 Å². The van der Waals surface area contributed by atoms with Crippen molar-refractivity contribution in [1.82, 2.24) is 5.32 Å². The molecule has 0 bridgehead atoms. The maximum absolute atomic E-state index is 9.48. The molecule has 2 amide bonds. The molecule has 0 aliphatic rings. The van der Waals surface area contributed by atoms with Crippen LogP contribution in [0.15, 0.2) is 0 Å². The molecule has 0 aromatic rings. The Kier molecular flexibility index (Phi) is 12.3. The van der Waals surface area contributed by atoms with Gasteiger partial charge in [-0.05, 0) is 0 Å². The summed E-state index contributed by atoms with van der Waals surface area (Å²) in [7, 11) is 1.47. The van der Waals surface area contributed by atoms with Gasteiger partial charge in [0, 0.05) is 9.90 Å². The summed E-state index contributed by atoms with van der Waals surface area (Å²) in [5.74, 6) is 0. The molecule has 0 aliphatic heterocycles. The van der Waals surface area contributed by atoms with Crippen LogP contribution in [0.2, 0.25) is 0 Å². The van der Waals surface area contributed by atoms with E-state index in [4.69, 9.17) is 0 Å². The highest BCUT2D eigenvalue weighted by Gasteiger charge is 1.72. The molecule has 0 radical (unpaired) electrons. The molecule has 0 fully saturated rings. The van der Waals surface area contributed by atoms with Crippen LogP contribution in [-0.4, -0.2) is 13.1 Å². The topological polar surface area (TPSA) is 55.1 Å². The zero-order chi connectivity index (χ0) is 6.28. The van der Waals surface area contributed by atoms with Crippen molar-refractivity contribution < 1.29 is 7.65 Å². The first-order valence-electron chi connectivity index (χ1n) is 2.24. The minimum atomic E-state index is -0.495. The third-order valence-corrected chi connectivity index (χ3v) is 0.246. The third kappa shape index (κ3) is 34.9. The van der Waals surface area contributed by atoms with E-state index in [-0.39, 0.29) is 2.85 Å². The number of nitrogens with two attached hydrogens (primary N) is 1. The average molecular weight is 108 g/mol. The number of urea groups is 1. The number of hydrogen-bond donors (Lipinski definition) is 2. The lowest BCUT2D eigenvalue weighted by Gasteiger charge is -1.80. The van der Waals surface area contributed by atoms with Gasteiger partial charge in [0.25, 0.3) is 0 Å². The zero-order valence-corrected chi connectivity index (χ0v) is 4.99. The number of carbonyl (C=O) groups excluding carboxylic acids is 1. The van der Waals surface area contributed by atoms with Gasteiger partial charge in [-0.2, -0.15) is 0 Å². The van der Waals surface area contributed by atoms with Gasteiger partial charge in [0.05, 0.1) is 0 Å². The molecule has 0 rings (SSSR count). The maximum Gasteiger partial charge on any atom is 0.311 e. The Hall–Kier alpha value is -0.730. The SMILES string of the molecule is CC.CNC(N)=O.[HH].[HH]. The molecule has 0 aromatic heterocycles. The van der Waals surface area contributed by atoms with Crippen LogP contribution in [0.1, 0.15) is 16.7 Å². The highest BCUT2D eigenvalue weighted by molar-refractivity contribution is 5.71. The smallest absolute Gasteiger partial charge is 0.311 e. The van der Waals surface area contributed by atoms with Gasteiger partial charge >= 0.3 is 6.03 Å². The van der Waals surface area contributed by atoms with Crippen LogP contribution in [0.5, 0.6) is 0 Å². The predicted molar refractivity (Wildman–Crippen MR) is 34.2 cm³/mol. The second-order valence-corrected chi connectivity index (χ2v) is 0.614. The summed E-state index contributed by atoms with van der Waals surface area (Å²) in [6.07, 6.45) is 0. The monoisotopic (exact) mass is 108 g/mol. The molecular weight excluding hydrogens is 92.1 g/mol. The molecule has 48 valence electrons. The van der Waals surface area contributed by atoms with Crippen LogP contribution in [0.3, 0.4) is 0 Å². The van der Waals surface area contributed by atoms with E-state index < -0.39 is 6.03 Å². The van der Waals surface area contributed by atoms with E-state index in [9.17, 15) is 4.79 Å².